The van der Waals surface area contributed by atoms with Crippen molar-refractivity contribution in [1.82, 2.24) is 19.4 Å². The second-order valence-corrected chi connectivity index (χ2v) is 10.8. The van der Waals surface area contributed by atoms with Crippen LogP contribution in [0.15, 0.2) is 23.1 Å². The Kier molecular flexibility index (Phi) is 7.68. The third kappa shape index (κ3) is 5.14. The molecule has 0 saturated carbocycles. The molecule has 11 heteroatoms. The lowest BCUT2D eigenvalue weighted by atomic mass is 10.0. The van der Waals surface area contributed by atoms with Gasteiger partial charge in [0.2, 0.25) is 5.95 Å². The van der Waals surface area contributed by atoms with E-state index in [0.29, 0.717) is 61.1 Å². The van der Waals surface area contributed by atoms with Gasteiger partial charge in [0.25, 0.3) is 0 Å². The Labute approximate surface area is 224 Å². The van der Waals surface area contributed by atoms with Gasteiger partial charge in [0.05, 0.1) is 35.5 Å². The first-order valence-electron chi connectivity index (χ1n) is 12.9. The number of nitrogens with zero attached hydrogens (tertiary/aromatic N) is 4. The molecule has 0 unspecified atom stereocenters. The van der Waals surface area contributed by atoms with Gasteiger partial charge in [0, 0.05) is 54.5 Å². The highest BCUT2D eigenvalue weighted by Crippen LogP contribution is 2.34. The fourth-order valence-electron chi connectivity index (χ4n) is 5.39. The van der Waals surface area contributed by atoms with E-state index in [2.05, 4.69) is 15.3 Å². The van der Waals surface area contributed by atoms with E-state index >= 15 is 4.39 Å². The zero-order valence-corrected chi connectivity index (χ0v) is 22.4. The molecule has 2 aliphatic rings. The molecule has 4 heterocycles. The molecule has 5 rings (SSSR count). The first-order chi connectivity index (χ1) is 18.1. The van der Waals surface area contributed by atoms with Gasteiger partial charge in [0.1, 0.15) is 11.9 Å². The summed E-state index contributed by atoms with van der Waals surface area (Å²) in [6.45, 7) is 7.88. The van der Waals surface area contributed by atoms with E-state index in [1.807, 2.05) is 23.3 Å². The van der Waals surface area contributed by atoms with E-state index < -0.39 is 18.1 Å². The van der Waals surface area contributed by atoms with Crippen LogP contribution in [-0.2, 0) is 11.3 Å². The van der Waals surface area contributed by atoms with Crippen LogP contribution in [0, 0.1) is 12.7 Å². The maximum absolute atomic E-state index is 15.1. The highest BCUT2D eigenvalue weighted by molar-refractivity contribution is 6.34. The zero-order valence-electron chi connectivity index (χ0n) is 21.7. The zero-order chi connectivity index (χ0) is 27.1. The molecule has 2 aromatic heterocycles. The van der Waals surface area contributed by atoms with Crippen molar-refractivity contribution in [2.45, 2.75) is 64.5 Å². The van der Waals surface area contributed by atoms with E-state index in [1.54, 1.807) is 19.1 Å². The van der Waals surface area contributed by atoms with Crippen LogP contribution in [0.25, 0.3) is 22.2 Å². The average molecular weight is 548 g/mol. The van der Waals surface area contributed by atoms with Gasteiger partial charge in [-0.25, -0.2) is 18.7 Å². The van der Waals surface area contributed by atoms with Gasteiger partial charge in [0.15, 0.2) is 11.2 Å². The number of halogens is 3. The summed E-state index contributed by atoms with van der Waals surface area (Å²) in [5.74, 6) is -0.509. The quantitative estimate of drug-likeness (QED) is 0.477. The molecule has 204 valence electrons. The Bertz CT molecular complexity index is 1420. The van der Waals surface area contributed by atoms with Gasteiger partial charge >= 0.3 is 0 Å². The number of aliphatic hydroxyl groups is 1. The Morgan fingerprint density at radius 3 is 2.79 bits per heavy atom. The van der Waals surface area contributed by atoms with Crippen molar-refractivity contribution in [3.8, 4) is 11.3 Å². The lowest BCUT2D eigenvalue weighted by molar-refractivity contribution is -0.0136. The molecule has 3 aromatic rings. The molecule has 0 bridgehead atoms. The number of aliphatic hydroxyl groups excluding tert-OH is 1. The van der Waals surface area contributed by atoms with Crippen molar-refractivity contribution in [3.05, 3.63) is 50.7 Å². The minimum atomic E-state index is -0.869. The molecule has 2 saturated heterocycles. The second-order valence-electron chi connectivity index (χ2n) is 10.4. The number of ether oxygens (including phenoxy) is 1. The molecule has 3 atom stereocenters. The molecule has 8 nitrogen and oxygen atoms in total. The molecular weight excluding hydrogens is 516 g/mol. The molecule has 0 aliphatic carbocycles. The number of nitrogens with one attached hydrogen (secondary N) is 1. The molecule has 0 amide bonds. The molecule has 0 spiro atoms. The van der Waals surface area contributed by atoms with Crippen LogP contribution >= 0.6 is 11.6 Å². The van der Waals surface area contributed by atoms with Crippen molar-refractivity contribution in [2.24, 2.45) is 0 Å². The second kappa shape index (κ2) is 10.8. The Morgan fingerprint density at radius 1 is 1.32 bits per heavy atom. The smallest absolute Gasteiger partial charge is 0.223 e. The third-order valence-electron chi connectivity index (χ3n) is 7.40. The van der Waals surface area contributed by atoms with Crippen LogP contribution in [0.1, 0.15) is 44.0 Å². The van der Waals surface area contributed by atoms with Gasteiger partial charge in [-0.15, -0.1) is 0 Å². The van der Waals surface area contributed by atoms with Crippen molar-refractivity contribution in [1.29, 1.82) is 0 Å². The highest BCUT2D eigenvalue weighted by Gasteiger charge is 2.27. The fourth-order valence-corrected chi connectivity index (χ4v) is 5.64. The number of aromatic nitrogens is 3. The molecule has 1 aromatic carbocycles. The Hall–Kier alpha value is -2.66. The van der Waals surface area contributed by atoms with Crippen LogP contribution in [0.5, 0.6) is 0 Å². The summed E-state index contributed by atoms with van der Waals surface area (Å²) < 4.78 is 36.3. The number of hydrogen-bond donors (Lipinski definition) is 2. The summed E-state index contributed by atoms with van der Waals surface area (Å²) in [6, 6.07) is 2.89. The number of alkyl halides is 1. The van der Waals surface area contributed by atoms with Gasteiger partial charge in [-0.2, -0.15) is 0 Å². The lowest BCUT2D eigenvalue weighted by Crippen LogP contribution is -2.42. The largest absolute Gasteiger partial charge is 0.389 e. The molecular formula is C27H32ClF2N5O3. The number of fused-ring (bicyclic) bond motifs is 1. The van der Waals surface area contributed by atoms with Crippen LogP contribution in [0.3, 0.4) is 0 Å². The van der Waals surface area contributed by atoms with Crippen LogP contribution in [-0.4, -0.2) is 69.2 Å². The van der Waals surface area contributed by atoms with E-state index in [9.17, 15) is 14.3 Å². The maximum Gasteiger partial charge on any atom is 0.223 e. The van der Waals surface area contributed by atoms with E-state index in [0.717, 1.165) is 11.9 Å². The summed E-state index contributed by atoms with van der Waals surface area (Å²) in [5, 5.41) is 13.9. The Balaban J connectivity index is 1.62. The third-order valence-corrected chi connectivity index (χ3v) is 7.71. The first-order valence-corrected chi connectivity index (χ1v) is 13.3. The monoisotopic (exact) mass is 547 g/mol. The first kappa shape index (κ1) is 26.9. The molecule has 38 heavy (non-hydrogen) atoms. The standard InChI is InChI=1S/C27H32ClF2N5O3/c1-14(2)35-22-9-17(25-20(30)10-31-27(33-25)32-21-5-7-38-13-24(21)36)19(28)8-18(22)26(37)15(3)23(35)12-34-6-4-16(29)11-34/h8-10,14,16,21,24,36H,4-7,11-13H2,1-3H3,(H,31,32,33)/t16-,21+,24+/m0/s1. The number of likely N-dealkylation sites (tertiary alicyclic amines) is 1. The molecule has 0 radical (unpaired) electrons. The topological polar surface area (TPSA) is 92.5 Å². The van der Waals surface area contributed by atoms with Gasteiger partial charge < -0.3 is 19.7 Å². The highest BCUT2D eigenvalue weighted by atomic mass is 35.5. The SMILES string of the molecule is Cc1c(CN2CC[C@H](F)C2)n(C(C)C)c2cc(-c3nc(N[C@@H]4CCOC[C@H]4O)ncc3F)c(Cl)cc2c1=O. The van der Waals surface area contributed by atoms with Crippen LogP contribution < -0.4 is 10.7 Å². The predicted octanol–water partition coefficient (Wildman–Crippen LogP) is 4.25. The number of rotatable bonds is 6. The van der Waals surface area contributed by atoms with E-state index in [4.69, 9.17) is 16.3 Å². The summed E-state index contributed by atoms with van der Waals surface area (Å²) in [4.78, 5) is 23.9. The van der Waals surface area contributed by atoms with Crippen molar-refractivity contribution in [3.63, 3.8) is 0 Å². The number of anilines is 1. The summed E-state index contributed by atoms with van der Waals surface area (Å²) in [6.07, 6.45) is 0.485. The minimum Gasteiger partial charge on any atom is -0.389 e. The van der Waals surface area contributed by atoms with Crippen LogP contribution in [0.4, 0.5) is 14.7 Å². The van der Waals surface area contributed by atoms with Crippen molar-refractivity contribution < 1.29 is 18.6 Å². The van der Waals surface area contributed by atoms with Gasteiger partial charge in [-0.1, -0.05) is 11.6 Å². The predicted molar refractivity (Wildman–Crippen MR) is 143 cm³/mol. The van der Waals surface area contributed by atoms with E-state index in [-0.39, 0.29) is 40.8 Å². The summed E-state index contributed by atoms with van der Waals surface area (Å²) >= 11 is 6.62. The van der Waals surface area contributed by atoms with Crippen LogP contribution in [0.2, 0.25) is 5.02 Å². The number of benzene rings is 1. The van der Waals surface area contributed by atoms with Gasteiger partial charge in [-0.05, 0) is 45.7 Å². The van der Waals surface area contributed by atoms with Gasteiger partial charge in [-0.3, -0.25) is 9.69 Å². The molecule has 2 N–H and O–H groups in total. The van der Waals surface area contributed by atoms with Crippen molar-refractivity contribution >= 4 is 28.5 Å². The van der Waals surface area contributed by atoms with E-state index in [1.165, 1.54) is 0 Å². The lowest BCUT2D eigenvalue weighted by Gasteiger charge is -2.28. The maximum atomic E-state index is 15.1. The summed E-state index contributed by atoms with van der Waals surface area (Å²) in [7, 11) is 0. The molecule has 2 fully saturated rings. The normalized spacial score (nSPS) is 22.5. The van der Waals surface area contributed by atoms with Crippen molar-refractivity contribution in [2.75, 3.05) is 31.6 Å². The Morgan fingerprint density at radius 2 is 2.11 bits per heavy atom. The number of pyridine rings is 1. The minimum absolute atomic E-state index is 0.0133. The fraction of sp³-hybridized carbons (Fsp3) is 0.519. The summed E-state index contributed by atoms with van der Waals surface area (Å²) in [5.41, 5.74) is 2.15. The molecule has 2 aliphatic heterocycles. The average Bonchev–Trinajstić information content (AvgIpc) is 3.29. The number of hydrogen-bond acceptors (Lipinski definition) is 7.